The van der Waals surface area contributed by atoms with Crippen LogP contribution >= 0.6 is 11.3 Å². The maximum absolute atomic E-state index is 11.6. The Labute approximate surface area is 119 Å². The summed E-state index contributed by atoms with van der Waals surface area (Å²) in [6, 6.07) is 7.66. The minimum Gasteiger partial charge on any atom is -0.444 e. The van der Waals surface area contributed by atoms with Crippen molar-refractivity contribution in [2.75, 3.05) is 5.32 Å². The predicted octanol–water partition coefficient (Wildman–Crippen LogP) is 3.71. The summed E-state index contributed by atoms with van der Waals surface area (Å²) in [5.41, 5.74) is 1.42. The molecule has 7 heteroatoms. The number of benzene rings is 1. The number of non-ortho nitro benzene ring substituents is 1. The van der Waals surface area contributed by atoms with E-state index in [1.807, 2.05) is 12.3 Å². The molecule has 20 heavy (non-hydrogen) atoms. The summed E-state index contributed by atoms with van der Waals surface area (Å²) >= 11 is 1.53. The van der Waals surface area contributed by atoms with E-state index in [1.54, 1.807) is 18.2 Å². The predicted molar refractivity (Wildman–Crippen MR) is 76.0 cm³/mol. The third-order valence-corrected chi connectivity index (χ3v) is 3.46. The van der Waals surface area contributed by atoms with Crippen LogP contribution in [-0.2, 0) is 11.3 Å². The van der Waals surface area contributed by atoms with Crippen molar-refractivity contribution in [3.63, 3.8) is 0 Å². The van der Waals surface area contributed by atoms with Gasteiger partial charge >= 0.3 is 6.09 Å². The molecule has 0 atom stereocenters. The number of rotatable bonds is 4. The lowest BCUT2D eigenvalue weighted by Crippen LogP contribution is -2.13. The molecule has 1 aromatic heterocycles. The van der Waals surface area contributed by atoms with Gasteiger partial charge in [-0.1, -0.05) is 0 Å². The molecule has 0 radical (unpaired) electrons. The van der Waals surface area contributed by atoms with Gasteiger partial charge in [-0.15, -0.1) is 11.3 Å². The summed E-state index contributed by atoms with van der Waals surface area (Å²) in [6.45, 7) is 1.96. The van der Waals surface area contributed by atoms with E-state index in [4.69, 9.17) is 4.74 Å². The Hall–Kier alpha value is -2.41. The third kappa shape index (κ3) is 3.55. The highest BCUT2D eigenvalue weighted by Gasteiger charge is 2.08. The van der Waals surface area contributed by atoms with Gasteiger partial charge in [0, 0.05) is 17.0 Å². The first-order chi connectivity index (χ1) is 9.56. The van der Waals surface area contributed by atoms with Crippen molar-refractivity contribution in [1.82, 2.24) is 0 Å². The standard InChI is InChI=1S/C13H12N2O4S/c1-9-12(6-7-20-9)14-13(16)19-8-10-2-4-11(5-3-10)15(17)18/h2-7H,8H2,1H3,(H,14,16). The fourth-order valence-corrected chi connectivity index (χ4v) is 2.18. The molecule has 0 spiro atoms. The second-order valence-electron chi connectivity index (χ2n) is 4.02. The summed E-state index contributed by atoms with van der Waals surface area (Å²) in [5.74, 6) is 0. The number of nitrogens with zero attached hydrogens (tertiary/aromatic N) is 1. The molecule has 2 aromatic rings. The minimum atomic E-state index is -0.551. The third-order valence-electron chi connectivity index (χ3n) is 2.61. The molecule has 104 valence electrons. The highest BCUT2D eigenvalue weighted by atomic mass is 32.1. The molecule has 0 aliphatic carbocycles. The first-order valence-corrected chi connectivity index (χ1v) is 6.65. The first-order valence-electron chi connectivity index (χ1n) is 5.77. The molecule has 1 N–H and O–H groups in total. The second-order valence-corrected chi connectivity index (χ2v) is 5.14. The highest BCUT2D eigenvalue weighted by molar-refractivity contribution is 7.10. The van der Waals surface area contributed by atoms with Crippen LogP contribution in [0.15, 0.2) is 35.7 Å². The average molecular weight is 292 g/mol. The van der Waals surface area contributed by atoms with Gasteiger partial charge in [0.15, 0.2) is 0 Å². The number of nitro groups is 1. The molecule has 0 aliphatic rings. The van der Waals surface area contributed by atoms with E-state index in [2.05, 4.69) is 5.32 Å². The number of hydrogen-bond donors (Lipinski definition) is 1. The molecule has 0 aliphatic heterocycles. The summed E-state index contributed by atoms with van der Waals surface area (Å²) < 4.78 is 5.04. The molecule has 6 nitrogen and oxygen atoms in total. The molecule has 0 saturated heterocycles. The Kier molecular flexibility index (Phi) is 4.31. The highest BCUT2D eigenvalue weighted by Crippen LogP contribution is 2.20. The van der Waals surface area contributed by atoms with Crippen LogP contribution in [0.4, 0.5) is 16.2 Å². The number of carbonyl (C=O) groups excluding carboxylic acids is 1. The monoisotopic (exact) mass is 292 g/mol. The smallest absolute Gasteiger partial charge is 0.411 e. The van der Waals surface area contributed by atoms with Gasteiger partial charge in [0.2, 0.25) is 0 Å². The van der Waals surface area contributed by atoms with Gasteiger partial charge in [0.25, 0.3) is 5.69 Å². The number of thiophene rings is 1. The second kappa shape index (κ2) is 6.16. The number of nitro benzene ring substituents is 1. The molecule has 1 aromatic carbocycles. The van der Waals surface area contributed by atoms with Gasteiger partial charge in [-0.05, 0) is 36.1 Å². The van der Waals surface area contributed by atoms with Crippen molar-refractivity contribution in [1.29, 1.82) is 0 Å². The Balaban J connectivity index is 1.87. The zero-order chi connectivity index (χ0) is 14.5. The van der Waals surface area contributed by atoms with Crippen LogP contribution in [0.5, 0.6) is 0 Å². The van der Waals surface area contributed by atoms with Crippen LogP contribution in [0.25, 0.3) is 0 Å². The molecule has 2 rings (SSSR count). The van der Waals surface area contributed by atoms with Crippen LogP contribution in [0.3, 0.4) is 0 Å². The van der Waals surface area contributed by atoms with Gasteiger partial charge in [-0.3, -0.25) is 15.4 Å². The topological polar surface area (TPSA) is 81.5 Å². The van der Waals surface area contributed by atoms with E-state index >= 15 is 0 Å². The van der Waals surface area contributed by atoms with Crippen LogP contribution in [0.1, 0.15) is 10.4 Å². The first kappa shape index (κ1) is 14.0. The van der Waals surface area contributed by atoms with Gasteiger partial charge in [-0.2, -0.15) is 0 Å². The van der Waals surface area contributed by atoms with Crippen LogP contribution in [-0.4, -0.2) is 11.0 Å². The molecule has 1 amide bonds. The molecular weight excluding hydrogens is 280 g/mol. The zero-order valence-corrected chi connectivity index (χ0v) is 11.5. The zero-order valence-electron chi connectivity index (χ0n) is 10.7. The lowest BCUT2D eigenvalue weighted by molar-refractivity contribution is -0.384. The fraction of sp³-hybridized carbons (Fsp3) is 0.154. The van der Waals surface area contributed by atoms with E-state index in [1.165, 1.54) is 23.5 Å². The van der Waals surface area contributed by atoms with Gasteiger partial charge in [0.05, 0.1) is 10.6 Å². The fourth-order valence-electron chi connectivity index (χ4n) is 1.52. The van der Waals surface area contributed by atoms with Crippen LogP contribution < -0.4 is 5.32 Å². The number of ether oxygens (including phenoxy) is 1. The van der Waals surface area contributed by atoms with Crippen LogP contribution in [0.2, 0.25) is 0 Å². The van der Waals surface area contributed by atoms with Crippen molar-refractivity contribution in [3.8, 4) is 0 Å². The molecule has 0 fully saturated rings. The number of amides is 1. The minimum absolute atomic E-state index is 0.00657. The van der Waals surface area contributed by atoms with Gasteiger partial charge in [0.1, 0.15) is 6.61 Å². The van der Waals surface area contributed by atoms with E-state index in [0.29, 0.717) is 5.56 Å². The quantitative estimate of drug-likeness (QED) is 0.688. The summed E-state index contributed by atoms with van der Waals surface area (Å²) in [4.78, 5) is 22.6. The van der Waals surface area contributed by atoms with E-state index in [-0.39, 0.29) is 12.3 Å². The van der Waals surface area contributed by atoms with Crippen molar-refractivity contribution < 1.29 is 14.5 Å². The molecule has 0 bridgehead atoms. The SMILES string of the molecule is Cc1sccc1NC(=O)OCc1ccc([N+](=O)[O-])cc1. The van der Waals surface area contributed by atoms with Crippen molar-refractivity contribution in [2.24, 2.45) is 0 Å². The average Bonchev–Trinajstić information content (AvgIpc) is 2.82. The molecule has 1 heterocycles. The largest absolute Gasteiger partial charge is 0.444 e. The molecule has 0 saturated carbocycles. The maximum atomic E-state index is 11.6. The summed E-state index contributed by atoms with van der Waals surface area (Å²) in [5, 5.41) is 15.0. The lowest BCUT2D eigenvalue weighted by atomic mass is 10.2. The number of aryl methyl sites for hydroxylation is 1. The molecule has 0 unspecified atom stereocenters. The van der Waals surface area contributed by atoms with E-state index in [0.717, 1.165) is 10.6 Å². The lowest BCUT2D eigenvalue weighted by Gasteiger charge is -2.06. The van der Waals surface area contributed by atoms with Crippen LogP contribution in [0, 0.1) is 17.0 Å². The maximum Gasteiger partial charge on any atom is 0.411 e. The Bertz CT molecular complexity index is 622. The Morgan fingerprint density at radius 1 is 1.35 bits per heavy atom. The molecular formula is C13H12N2O4S. The van der Waals surface area contributed by atoms with Crippen molar-refractivity contribution in [2.45, 2.75) is 13.5 Å². The normalized spacial score (nSPS) is 10.1. The Morgan fingerprint density at radius 3 is 2.60 bits per heavy atom. The summed E-state index contributed by atoms with van der Waals surface area (Å²) in [7, 11) is 0. The van der Waals surface area contributed by atoms with E-state index < -0.39 is 11.0 Å². The number of hydrogen-bond acceptors (Lipinski definition) is 5. The summed E-state index contributed by atoms with van der Waals surface area (Å²) in [6.07, 6.45) is -0.551. The van der Waals surface area contributed by atoms with Crippen molar-refractivity contribution in [3.05, 3.63) is 56.3 Å². The Morgan fingerprint density at radius 2 is 2.05 bits per heavy atom. The number of nitrogens with one attached hydrogen (secondary N) is 1. The van der Waals surface area contributed by atoms with Gasteiger partial charge in [-0.25, -0.2) is 4.79 Å². The van der Waals surface area contributed by atoms with E-state index in [9.17, 15) is 14.9 Å². The van der Waals surface area contributed by atoms with Gasteiger partial charge < -0.3 is 4.74 Å². The van der Waals surface area contributed by atoms with Crippen molar-refractivity contribution >= 4 is 28.8 Å². The number of anilines is 1. The number of carbonyl (C=O) groups is 1.